The number of hydrogen-bond donors (Lipinski definition) is 2. The summed E-state index contributed by atoms with van der Waals surface area (Å²) >= 11 is 7.16. The van der Waals surface area contributed by atoms with Gasteiger partial charge in [0, 0.05) is 10.7 Å². The lowest BCUT2D eigenvalue weighted by Gasteiger charge is -2.12. The number of nitrogens with one attached hydrogen (secondary N) is 2. The number of aromatic amines is 1. The van der Waals surface area contributed by atoms with Gasteiger partial charge in [-0.05, 0) is 61.4 Å². The predicted molar refractivity (Wildman–Crippen MR) is 120 cm³/mol. The summed E-state index contributed by atoms with van der Waals surface area (Å²) in [5.74, 6) is -0.0984. The SMILES string of the molecule is Cc1cc(C)cc(NC(=O)CSc2nc3[nH]ncc3c(=O)n2-c2ccc(Cl)cc2)c1. The quantitative estimate of drug-likeness (QED) is 0.360. The zero-order valence-corrected chi connectivity index (χ0v) is 17.8. The monoisotopic (exact) mass is 439 g/mol. The highest BCUT2D eigenvalue weighted by Gasteiger charge is 2.16. The number of thioether (sulfide) groups is 1. The standard InChI is InChI=1S/C21H18ClN5O2S/c1-12-7-13(2)9-15(8-12)24-18(28)11-30-21-25-19-17(10-23-26-19)20(29)27(21)16-5-3-14(22)4-6-16/h3-10H,11H2,1-2H3,(H,23,26)(H,24,28). The molecule has 7 nitrogen and oxygen atoms in total. The maximum absolute atomic E-state index is 13.0. The van der Waals surface area contributed by atoms with Crippen molar-refractivity contribution in [2.45, 2.75) is 19.0 Å². The molecule has 0 saturated heterocycles. The molecule has 2 N–H and O–H groups in total. The van der Waals surface area contributed by atoms with Gasteiger partial charge in [-0.25, -0.2) is 4.98 Å². The summed E-state index contributed by atoms with van der Waals surface area (Å²) in [4.78, 5) is 30.0. The molecule has 0 spiro atoms. The van der Waals surface area contributed by atoms with Crippen molar-refractivity contribution in [2.75, 3.05) is 11.1 Å². The van der Waals surface area contributed by atoms with Crippen molar-refractivity contribution in [1.82, 2.24) is 19.7 Å². The highest BCUT2D eigenvalue weighted by Crippen LogP contribution is 2.22. The Kier molecular flexibility index (Phi) is 5.61. The largest absolute Gasteiger partial charge is 0.325 e. The number of carbonyl (C=O) groups excluding carboxylic acids is 1. The number of rotatable bonds is 5. The Hall–Kier alpha value is -3.10. The van der Waals surface area contributed by atoms with Crippen LogP contribution in [0.2, 0.25) is 5.02 Å². The highest BCUT2D eigenvalue weighted by molar-refractivity contribution is 7.99. The fourth-order valence-electron chi connectivity index (χ4n) is 3.16. The number of amides is 1. The predicted octanol–water partition coefficient (Wildman–Crippen LogP) is 4.11. The van der Waals surface area contributed by atoms with Gasteiger partial charge in [0.25, 0.3) is 5.56 Å². The summed E-state index contributed by atoms with van der Waals surface area (Å²) in [6, 6.07) is 12.7. The van der Waals surface area contributed by atoms with E-state index in [4.69, 9.17) is 11.6 Å². The second-order valence-corrected chi connectivity index (χ2v) is 8.24. The normalized spacial score (nSPS) is 11.0. The number of hydrogen-bond acceptors (Lipinski definition) is 5. The van der Waals surface area contributed by atoms with E-state index in [0.717, 1.165) is 16.8 Å². The zero-order valence-electron chi connectivity index (χ0n) is 16.3. The van der Waals surface area contributed by atoms with Crippen molar-refractivity contribution >= 4 is 46.0 Å². The Morgan fingerprint density at radius 1 is 1.17 bits per heavy atom. The van der Waals surface area contributed by atoms with Gasteiger partial charge in [-0.2, -0.15) is 5.10 Å². The molecule has 0 fully saturated rings. The van der Waals surface area contributed by atoms with Crippen LogP contribution in [-0.2, 0) is 4.79 Å². The Morgan fingerprint density at radius 3 is 2.57 bits per heavy atom. The molecular weight excluding hydrogens is 422 g/mol. The van der Waals surface area contributed by atoms with Crippen LogP contribution in [0.1, 0.15) is 11.1 Å². The topological polar surface area (TPSA) is 92.7 Å². The van der Waals surface area contributed by atoms with Gasteiger partial charge in [-0.3, -0.25) is 19.3 Å². The number of aryl methyl sites for hydroxylation is 2. The third-order valence-electron chi connectivity index (χ3n) is 4.37. The van der Waals surface area contributed by atoms with Crippen LogP contribution in [0.3, 0.4) is 0 Å². The number of halogens is 1. The van der Waals surface area contributed by atoms with Gasteiger partial charge in [0.2, 0.25) is 5.91 Å². The number of carbonyl (C=O) groups is 1. The van der Waals surface area contributed by atoms with Crippen molar-refractivity contribution in [2.24, 2.45) is 0 Å². The average molecular weight is 440 g/mol. The summed E-state index contributed by atoms with van der Waals surface area (Å²) in [5, 5.41) is 10.8. The van der Waals surface area contributed by atoms with Crippen molar-refractivity contribution in [3.8, 4) is 5.69 Å². The molecule has 2 aromatic carbocycles. The molecule has 0 aliphatic rings. The van der Waals surface area contributed by atoms with Crippen LogP contribution in [0.4, 0.5) is 5.69 Å². The highest BCUT2D eigenvalue weighted by atomic mass is 35.5. The molecule has 0 bridgehead atoms. The number of aromatic nitrogens is 4. The average Bonchev–Trinajstić information content (AvgIpc) is 3.16. The van der Waals surface area contributed by atoms with Crippen LogP contribution in [0.25, 0.3) is 16.7 Å². The first-order valence-corrected chi connectivity index (χ1v) is 10.5. The Labute approximate surface area is 181 Å². The number of benzene rings is 2. The summed E-state index contributed by atoms with van der Waals surface area (Å²) in [6.07, 6.45) is 1.44. The number of fused-ring (bicyclic) bond motifs is 1. The summed E-state index contributed by atoms with van der Waals surface area (Å²) in [7, 11) is 0. The lowest BCUT2D eigenvalue weighted by atomic mass is 10.1. The van der Waals surface area contributed by atoms with Gasteiger partial charge in [0.1, 0.15) is 5.39 Å². The molecule has 152 valence electrons. The van der Waals surface area contributed by atoms with Crippen LogP contribution >= 0.6 is 23.4 Å². The fourth-order valence-corrected chi connectivity index (χ4v) is 4.09. The second kappa shape index (κ2) is 8.33. The minimum Gasteiger partial charge on any atom is -0.325 e. The number of H-pyrrole nitrogens is 1. The van der Waals surface area contributed by atoms with E-state index in [-0.39, 0.29) is 17.2 Å². The fraction of sp³-hybridized carbons (Fsp3) is 0.143. The molecule has 0 unspecified atom stereocenters. The molecule has 0 aliphatic carbocycles. The minimum atomic E-state index is -0.270. The summed E-state index contributed by atoms with van der Waals surface area (Å²) in [6.45, 7) is 3.96. The van der Waals surface area contributed by atoms with Gasteiger partial charge in [-0.15, -0.1) is 0 Å². The number of anilines is 1. The Morgan fingerprint density at radius 2 is 1.87 bits per heavy atom. The van der Waals surface area contributed by atoms with Gasteiger partial charge < -0.3 is 5.32 Å². The van der Waals surface area contributed by atoms with Crippen LogP contribution in [0, 0.1) is 13.8 Å². The van der Waals surface area contributed by atoms with E-state index in [1.165, 1.54) is 22.5 Å². The Balaban J connectivity index is 1.63. The molecule has 1 amide bonds. The minimum absolute atomic E-state index is 0.0899. The molecule has 4 rings (SSSR count). The first kappa shape index (κ1) is 20.2. The third kappa shape index (κ3) is 4.24. The lowest BCUT2D eigenvalue weighted by molar-refractivity contribution is -0.113. The summed E-state index contributed by atoms with van der Waals surface area (Å²) < 4.78 is 1.46. The first-order chi connectivity index (χ1) is 14.4. The molecule has 30 heavy (non-hydrogen) atoms. The number of nitrogens with zero attached hydrogens (tertiary/aromatic N) is 3. The van der Waals surface area contributed by atoms with Crippen molar-refractivity contribution in [3.63, 3.8) is 0 Å². The van der Waals surface area contributed by atoms with Gasteiger partial charge >= 0.3 is 0 Å². The molecule has 2 aromatic heterocycles. The van der Waals surface area contributed by atoms with E-state index in [1.54, 1.807) is 24.3 Å². The molecule has 0 saturated carbocycles. The molecule has 0 aliphatic heterocycles. The van der Waals surface area contributed by atoms with Crippen LogP contribution in [0.15, 0.2) is 58.6 Å². The maximum atomic E-state index is 13.0. The van der Waals surface area contributed by atoms with Gasteiger partial charge in [-0.1, -0.05) is 29.4 Å². The van der Waals surface area contributed by atoms with Gasteiger partial charge in [0.05, 0.1) is 17.6 Å². The van der Waals surface area contributed by atoms with E-state index < -0.39 is 0 Å². The molecule has 4 aromatic rings. The molecule has 0 atom stereocenters. The zero-order chi connectivity index (χ0) is 21.3. The van der Waals surface area contributed by atoms with Crippen molar-refractivity contribution < 1.29 is 4.79 Å². The third-order valence-corrected chi connectivity index (χ3v) is 5.56. The van der Waals surface area contributed by atoms with Gasteiger partial charge in [0.15, 0.2) is 10.8 Å². The van der Waals surface area contributed by atoms with E-state index in [9.17, 15) is 9.59 Å². The van der Waals surface area contributed by atoms with Crippen molar-refractivity contribution in [3.05, 3.63) is 75.2 Å². The second-order valence-electron chi connectivity index (χ2n) is 6.86. The lowest BCUT2D eigenvalue weighted by Crippen LogP contribution is -2.22. The van der Waals surface area contributed by atoms with E-state index in [2.05, 4.69) is 20.5 Å². The molecule has 0 radical (unpaired) electrons. The van der Waals surface area contributed by atoms with Crippen LogP contribution in [0.5, 0.6) is 0 Å². The molecular formula is C21H18ClN5O2S. The van der Waals surface area contributed by atoms with E-state index in [0.29, 0.717) is 26.9 Å². The Bertz CT molecular complexity index is 1280. The van der Waals surface area contributed by atoms with Crippen LogP contribution in [-0.4, -0.2) is 31.4 Å². The maximum Gasteiger partial charge on any atom is 0.269 e. The van der Waals surface area contributed by atoms with E-state index in [1.807, 2.05) is 32.0 Å². The molecule has 2 heterocycles. The van der Waals surface area contributed by atoms with E-state index >= 15 is 0 Å². The smallest absolute Gasteiger partial charge is 0.269 e. The van der Waals surface area contributed by atoms with Crippen molar-refractivity contribution in [1.29, 1.82) is 0 Å². The summed E-state index contributed by atoms with van der Waals surface area (Å²) in [5.41, 5.74) is 3.60. The van der Waals surface area contributed by atoms with Crippen LogP contribution < -0.4 is 10.9 Å². The molecule has 9 heteroatoms. The first-order valence-electron chi connectivity index (χ1n) is 9.14.